The van der Waals surface area contributed by atoms with Crippen molar-refractivity contribution in [3.8, 4) is 0 Å². The molecule has 1 saturated carbocycles. The van der Waals surface area contributed by atoms with Gasteiger partial charge in [0.1, 0.15) is 5.76 Å². The summed E-state index contributed by atoms with van der Waals surface area (Å²) in [6, 6.07) is 4.57. The van der Waals surface area contributed by atoms with Crippen molar-refractivity contribution in [2.24, 2.45) is 4.99 Å². The van der Waals surface area contributed by atoms with Gasteiger partial charge in [-0.15, -0.1) is 24.0 Å². The summed E-state index contributed by atoms with van der Waals surface area (Å²) in [6.07, 6.45) is 10.5. The van der Waals surface area contributed by atoms with E-state index >= 15 is 0 Å². The highest BCUT2D eigenvalue weighted by Crippen LogP contribution is 2.26. The first kappa shape index (κ1) is 19.0. The molecule has 0 aromatic carbocycles. The summed E-state index contributed by atoms with van der Waals surface area (Å²) >= 11 is 2.07. The topological polar surface area (TPSA) is 49.6 Å². The van der Waals surface area contributed by atoms with Gasteiger partial charge in [-0.3, -0.25) is 4.99 Å². The standard InChI is InChI=1S/C17H27N3OS.HI/c1-2-6-14(5-1)20-17(19-13-16-8-4-12-22-16)18-10-9-15-7-3-11-21-15;/h3,7,11,14,16H,1-2,4-6,8-10,12-13H2,(H2,18,19,20);1H. The molecule has 6 heteroatoms. The number of hydrogen-bond acceptors (Lipinski definition) is 3. The summed E-state index contributed by atoms with van der Waals surface area (Å²) in [5.41, 5.74) is 0. The molecular weight excluding hydrogens is 421 g/mol. The molecule has 3 rings (SSSR count). The summed E-state index contributed by atoms with van der Waals surface area (Å²) in [5, 5.41) is 7.81. The second-order valence-corrected chi connectivity index (χ2v) is 7.61. The third-order valence-corrected chi connectivity index (χ3v) is 5.80. The predicted molar refractivity (Wildman–Crippen MR) is 109 cm³/mol. The molecule has 1 aliphatic heterocycles. The molecule has 0 spiro atoms. The van der Waals surface area contributed by atoms with Gasteiger partial charge in [0, 0.05) is 24.3 Å². The van der Waals surface area contributed by atoms with E-state index in [9.17, 15) is 0 Å². The van der Waals surface area contributed by atoms with Gasteiger partial charge in [-0.2, -0.15) is 11.8 Å². The van der Waals surface area contributed by atoms with Crippen LogP contribution in [0.2, 0.25) is 0 Å². The quantitative estimate of drug-likeness (QED) is 0.394. The third-order valence-electron chi connectivity index (χ3n) is 4.42. The van der Waals surface area contributed by atoms with E-state index in [-0.39, 0.29) is 24.0 Å². The van der Waals surface area contributed by atoms with Crippen LogP contribution < -0.4 is 10.6 Å². The Labute approximate surface area is 160 Å². The van der Waals surface area contributed by atoms with Gasteiger partial charge >= 0.3 is 0 Å². The molecular formula is C17H28IN3OS. The lowest BCUT2D eigenvalue weighted by atomic mass is 10.2. The number of aliphatic imine (C=N–C) groups is 1. The van der Waals surface area contributed by atoms with Gasteiger partial charge in [0.05, 0.1) is 12.8 Å². The van der Waals surface area contributed by atoms with Gasteiger partial charge in [0.25, 0.3) is 0 Å². The van der Waals surface area contributed by atoms with Gasteiger partial charge in [-0.25, -0.2) is 0 Å². The number of guanidine groups is 1. The lowest BCUT2D eigenvalue weighted by Crippen LogP contribution is -2.43. The fourth-order valence-electron chi connectivity index (χ4n) is 3.16. The van der Waals surface area contributed by atoms with Crippen LogP contribution in [-0.4, -0.2) is 36.1 Å². The minimum absolute atomic E-state index is 0. The maximum Gasteiger partial charge on any atom is 0.191 e. The fourth-order valence-corrected chi connectivity index (χ4v) is 4.34. The summed E-state index contributed by atoms with van der Waals surface area (Å²) in [6.45, 7) is 1.80. The van der Waals surface area contributed by atoms with Crippen molar-refractivity contribution in [1.29, 1.82) is 0 Å². The first-order chi connectivity index (χ1) is 10.9. The summed E-state index contributed by atoms with van der Waals surface area (Å²) in [7, 11) is 0. The molecule has 0 bridgehead atoms. The number of rotatable bonds is 6. The SMILES string of the molecule is I.c1coc(CCNC(=NCC2CCCS2)NC2CCCC2)c1. The van der Waals surface area contributed by atoms with E-state index in [4.69, 9.17) is 9.41 Å². The Hall–Kier alpha value is -0.370. The van der Waals surface area contributed by atoms with Crippen LogP contribution in [0.1, 0.15) is 44.3 Å². The first-order valence-electron chi connectivity index (χ1n) is 8.59. The zero-order chi connectivity index (χ0) is 15.0. The van der Waals surface area contributed by atoms with Crippen LogP contribution >= 0.6 is 35.7 Å². The molecule has 2 fully saturated rings. The monoisotopic (exact) mass is 449 g/mol. The van der Waals surface area contributed by atoms with Crippen molar-refractivity contribution in [2.45, 2.75) is 56.2 Å². The van der Waals surface area contributed by atoms with E-state index in [1.165, 1.54) is 44.3 Å². The van der Waals surface area contributed by atoms with Crippen LogP contribution in [0.25, 0.3) is 0 Å². The summed E-state index contributed by atoms with van der Waals surface area (Å²) < 4.78 is 5.39. The largest absolute Gasteiger partial charge is 0.469 e. The maximum atomic E-state index is 5.39. The molecule has 1 unspecified atom stereocenters. The molecule has 2 aliphatic rings. The number of furan rings is 1. The normalized spacial score (nSPS) is 22.1. The van der Waals surface area contributed by atoms with E-state index in [0.717, 1.165) is 31.2 Å². The molecule has 2 heterocycles. The molecule has 1 aromatic heterocycles. The highest BCUT2D eigenvalue weighted by atomic mass is 127. The Morgan fingerprint density at radius 1 is 1.26 bits per heavy atom. The Bertz CT molecular complexity index is 454. The Morgan fingerprint density at radius 2 is 2.13 bits per heavy atom. The van der Waals surface area contributed by atoms with Crippen LogP contribution in [0.4, 0.5) is 0 Å². The zero-order valence-electron chi connectivity index (χ0n) is 13.6. The maximum absolute atomic E-state index is 5.39. The van der Waals surface area contributed by atoms with Gasteiger partial charge in [0.15, 0.2) is 5.96 Å². The number of nitrogens with one attached hydrogen (secondary N) is 2. The van der Waals surface area contributed by atoms with E-state index in [0.29, 0.717) is 11.3 Å². The molecule has 0 amide bonds. The lowest BCUT2D eigenvalue weighted by Gasteiger charge is -2.18. The van der Waals surface area contributed by atoms with Crippen molar-refractivity contribution < 1.29 is 4.42 Å². The van der Waals surface area contributed by atoms with E-state index in [2.05, 4.69) is 22.4 Å². The summed E-state index contributed by atoms with van der Waals surface area (Å²) in [5.74, 6) is 3.32. The number of thioether (sulfide) groups is 1. The van der Waals surface area contributed by atoms with Gasteiger partial charge in [0.2, 0.25) is 0 Å². The second kappa shape index (κ2) is 10.5. The van der Waals surface area contributed by atoms with Gasteiger partial charge < -0.3 is 15.1 Å². The lowest BCUT2D eigenvalue weighted by molar-refractivity contribution is 0.506. The van der Waals surface area contributed by atoms with Crippen molar-refractivity contribution >= 4 is 41.7 Å². The first-order valence-corrected chi connectivity index (χ1v) is 9.64. The molecule has 23 heavy (non-hydrogen) atoms. The van der Waals surface area contributed by atoms with Crippen molar-refractivity contribution in [3.05, 3.63) is 24.2 Å². The van der Waals surface area contributed by atoms with Gasteiger partial charge in [-0.1, -0.05) is 12.8 Å². The molecule has 0 radical (unpaired) electrons. The van der Waals surface area contributed by atoms with Crippen LogP contribution in [0, 0.1) is 0 Å². The van der Waals surface area contributed by atoms with E-state index < -0.39 is 0 Å². The zero-order valence-corrected chi connectivity index (χ0v) is 16.8. The van der Waals surface area contributed by atoms with Crippen molar-refractivity contribution in [2.75, 3.05) is 18.8 Å². The van der Waals surface area contributed by atoms with Crippen molar-refractivity contribution in [1.82, 2.24) is 10.6 Å². The third kappa shape index (κ3) is 6.57. The van der Waals surface area contributed by atoms with Crippen LogP contribution in [-0.2, 0) is 6.42 Å². The van der Waals surface area contributed by atoms with Crippen LogP contribution in [0.15, 0.2) is 27.8 Å². The molecule has 1 aliphatic carbocycles. The average Bonchev–Trinajstić information content (AvgIpc) is 3.28. The smallest absolute Gasteiger partial charge is 0.191 e. The second-order valence-electron chi connectivity index (χ2n) is 6.21. The average molecular weight is 449 g/mol. The Morgan fingerprint density at radius 3 is 2.83 bits per heavy atom. The minimum atomic E-state index is 0. The fraction of sp³-hybridized carbons (Fsp3) is 0.706. The number of hydrogen-bond donors (Lipinski definition) is 2. The Balaban J connectivity index is 0.00000192. The predicted octanol–water partition coefficient (Wildman–Crippen LogP) is 3.81. The van der Waals surface area contributed by atoms with Crippen molar-refractivity contribution in [3.63, 3.8) is 0 Å². The minimum Gasteiger partial charge on any atom is -0.469 e. The Kier molecular flexibility index (Phi) is 8.64. The highest BCUT2D eigenvalue weighted by Gasteiger charge is 2.18. The highest BCUT2D eigenvalue weighted by molar-refractivity contribution is 14.0. The molecule has 1 atom stereocenters. The van der Waals surface area contributed by atoms with E-state index in [1.807, 2.05) is 12.1 Å². The van der Waals surface area contributed by atoms with Crippen LogP contribution in [0.3, 0.4) is 0 Å². The molecule has 1 saturated heterocycles. The van der Waals surface area contributed by atoms with E-state index in [1.54, 1.807) is 6.26 Å². The number of nitrogens with zero attached hydrogens (tertiary/aromatic N) is 1. The van der Waals surface area contributed by atoms with Gasteiger partial charge in [-0.05, 0) is 43.6 Å². The molecule has 130 valence electrons. The molecule has 4 nitrogen and oxygen atoms in total. The van der Waals surface area contributed by atoms with Crippen LogP contribution in [0.5, 0.6) is 0 Å². The number of halogens is 1. The molecule has 1 aromatic rings. The summed E-state index contributed by atoms with van der Waals surface area (Å²) in [4.78, 5) is 4.83. The molecule has 2 N–H and O–H groups in total.